The number of methoxy groups -OCH3 is 1. The fraction of sp³-hybridized carbons (Fsp3) is 0.294. The summed E-state index contributed by atoms with van der Waals surface area (Å²) in [5.41, 5.74) is 3.75. The molecule has 2 aromatic carbocycles. The van der Waals surface area contributed by atoms with Crippen LogP contribution in [0.4, 0.5) is 0 Å². The molecule has 1 N–H and O–H groups in total. The van der Waals surface area contributed by atoms with Gasteiger partial charge in [0.25, 0.3) is 0 Å². The van der Waals surface area contributed by atoms with Crippen molar-refractivity contribution < 1.29 is 9.47 Å². The quantitative estimate of drug-likeness (QED) is 0.925. The summed E-state index contributed by atoms with van der Waals surface area (Å²) in [6.45, 7) is 2.46. The molecule has 1 aliphatic heterocycles. The van der Waals surface area contributed by atoms with Crippen molar-refractivity contribution in [2.45, 2.75) is 19.6 Å². The predicted octanol–water partition coefficient (Wildman–Crippen LogP) is 2.92. The van der Waals surface area contributed by atoms with Crippen LogP contribution in [0.15, 0.2) is 42.5 Å². The Hall–Kier alpha value is -2.00. The van der Waals surface area contributed by atoms with Gasteiger partial charge in [-0.25, -0.2) is 0 Å². The highest BCUT2D eigenvalue weighted by Gasteiger charge is 2.18. The Morgan fingerprint density at radius 1 is 1.10 bits per heavy atom. The smallest absolute Gasteiger partial charge is 0.165 e. The van der Waals surface area contributed by atoms with Crippen LogP contribution in [0.25, 0.3) is 0 Å². The minimum absolute atomic E-state index is 0.571. The molecule has 0 aromatic heterocycles. The average molecular weight is 269 g/mol. The summed E-state index contributed by atoms with van der Waals surface area (Å²) in [6.07, 6.45) is 0.983. The third-order valence-corrected chi connectivity index (χ3v) is 3.63. The van der Waals surface area contributed by atoms with E-state index in [0.717, 1.165) is 31.0 Å². The summed E-state index contributed by atoms with van der Waals surface area (Å²) in [4.78, 5) is 0. The molecular formula is C17H19NO2. The molecule has 0 radical (unpaired) electrons. The Labute approximate surface area is 119 Å². The Kier molecular flexibility index (Phi) is 3.88. The predicted molar refractivity (Wildman–Crippen MR) is 79.2 cm³/mol. The monoisotopic (exact) mass is 269 g/mol. The molecule has 0 saturated heterocycles. The van der Waals surface area contributed by atoms with E-state index in [2.05, 4.69) is 23.5 Å². The molecule has 3 rings (SSSR count). The highest BCUT2D eigenvalue weighted by atomic mass is 16.5. The van der Waals surface area contributed by atoms with Gasteiger partial charge in [-0.2, -0.15) is 0 Å². The number of nitrogens with one attached hydrogen (secondary N) is 1. The number of rotatable bonds is 4. The highest BCUT2D eigenvalue weighted by molar-refractivity contribution is 5.51. The van der Waals surface area contributed by atoms with E-state index < -0.39 is 0 Å². The van der Waals surface area contributed by atoms with E-state index in [0.29, 0.717) is 6.61 Å². The average Bonchev–Trinajstić information content (AvgIpc) is 2.53. The summed E-state index contributed by atoms with van der Waals surface area (Å²) in [5.74, 6) is 1.72. The molecule has 0 unspecified atom stereocenters. The van der Waals surface area contributed by atoms with E-state index in [4.69, 9.17) is 9.47 Å². The lowest BCUT2D eigenvalue weighted by atomic mass is 9.99. The van der Waals surface area contributed by atoms with Gasteiger partial charge in [0.15, 0.2) is 11.5 Å². The van der Waals surface area contributed by atoms with Crippen LogP contribution < -0.4 is 14.8 Å². The van der Waals surface area contributed by atoms with E-state index in [1.54, 1.807) is 7.11 Å². The van der Waals surface area contributed by atoms with Crippen molar-refractivity contribution in [3.05, 3.63) is 59.2 Å². The lowest BCUT2D eigenvalue weighted by Crippen LogP contribution is -2.24. The molecule has 0 fully saturated rings. The summed E-state index contributed by atoms with van der Waals surface area (Å²) in [6, 6.07) is 14.3. The van der Waals surface area contributed by atoms with E-state index in [1.165, 1.54) is 16.7 Å². The van der Waals surface area contributed by atoms with Crippen LogP contribution in [-0.4, -0.2) is 13.7 Å². The van der Waals surface area contributed by atoms with Gasteiger partial charge in [0.1, 0.15) is 6.61 Å². The van der Waals surface area contributed by atoms with Crippen LogP contribution in [0.3, 0.4) is 0 Å². The van der Waals surface area contributed by atoms with Crippen molar-refractivity contribution in [2.75, 3.05) is 13.7 Å². The zero-order valence-corrected chi connectivity index (χ0v) is 11.7. The van der Waals surface area contributed by atoms with E-state index in [-0.39, 0.29) is 0 Å². The second-order valence-electron chi connectivity index (χ2n) is 4.94. The van der Waals surface area contributed by atoms with Crippen LogP contribution in [0.2, 0.25) is 0 Å². The van der Waals surface area contributed by atoms with E-state index in [1.807, 2.05) is 24.3 Å². The van der Waals surface area contributed by atoms with Gasteiger partial charge in [-0.3, -0.25) is 0 Å². The Morgan fingerprint density at radius 3 is 2.75 bits per heavy atom. The largest absolute Gasteiger partial charge is 0.493 e. The summed E-state index contributed by atoms with van der Waals surface area (Å²) >= 11 is 0. The maximum atomic E-state index is 6.06. The molecule has 20 heavy (non-hydrogen) atoms. The minimum Gasteiger partial charge on any atom is -0.493 e. The molecule has 3 nitrogen and oxygen atoms in total. The molecule has 0 bridgehead atoms. The van der Waals surface area contributed by atoms with Crippen LogP contribution in [-0.2, 0) is 19.6 Å². The second kappa shape index (κ2) is 5.97. The normalized spacial score (nSPS) is 13.7. The topological polar surface area (TPSA) is 30.5 Å². The lowest BCUT2D eigenvalue weighted by molar-refractivity contribution is 0.280. The number of benzene rings is 2. The maximum absolute atomic E-state index is 6.06. The zero-order valence-electron chi connectivity index (χ0n) is 11.7. The van der Waals surface area contributed by atoms with Crippen LogP contribution in [0, 0.1) is 0 Å². The molecule has 1 aliphatic rings. The van der Waals surface area contributed by atoms with Gasteiger partial charge < -0.3 is 14.8 Å². The molecule has 2 aromatic rings. The number of hydrogen-bond donors (Lipinski definition) is 1. The molecule has 3 heteroatoms. The molecule has 0 aliphatic carbocycles. The van der Waals surface area contributed by atoms with E-state index >= 15 is 0 Å². The molecule has 0 saturated carbocycles. The second-order valence-corrected chi connectivity index (χ2v) is 4.94. The van der Waals surface area contributed by atoms with Gasteiger partial charge in [0.2, 0.25) is 0 Å². The fourth-order valence-corrected chi connectivity index (χ4v) is 2.57. The van der Waals surface area contributed by atoms with Crippen molar-refractivity contribution in [3.8, 4) is 11.5 Å². The molecule has 0 atom stereocenters. The van der Waals surface area contributed by atoms with Gasteiger partial charge in [-0.15, -0.1) is 0 Å². The van der Waals surface area contributed by atoms with Gasteiger partial charge in [0, 0.05) is 12.1 Å². The summed E-state index contributed by atoms with van der Waals surface area (Å²) in [5, 5.41) is 3.38. The Bertz CT molecular complexity index is 581. The van der Waals surface area contributed by atoms with Gasteiger partial charge >= 0.3 is 0 Å². The number of ether oxygens (including phenoxy) is 2. The van der Waals surface area contributed by atoms with Crippen molar-refractivity contribution in [2.24, 2.45) is 0 Å². The van der Waals surface area contributed by atoms with Crippen LogP contribution in [0.5, 0.6) is 11.5 Å². The highest BCUT2D eigenvalue weighted by Crippen LogP contribution is 2.35. The standard InChI is InChI=1S/C17H19NO2/c1-19-16-8-7-14-11-18-10-9-15(14)17(16)20-12-13-5-3-2-4-6-13/h2-8,18H,9-12H2,1H3. The summed E-state index contributed by atoms with van der Waals surface area (Å²) in [7, 11) is 1.69. The number of fused-ring (bicyclic) bond motifs is 1. The molecule has 0 amide bonds. The molecular weight excluding hydrogens is 250 g/mol. The van der Waals surface area contributed by atoms with Crippen LogP contribution in [0.1, 0.15) is 16.7 Å². The first-order valence-electron chi connectivity index (χ1n) is 6.94. The maximum Gasteiger partial charge on any atom is 0.165 e. The number of hydrogen-bond acceptors (Lipinski definition) is 3. The van der Waals surface area contributed by atoms with Crippen molar-refractivity contribution in [3.63, 3.8) is 0 Å². The zero-order chi connectivity index (χ0) is 13.8. The first kappa shape index (κ1) is 13.0. The SMILES string of the molecule is COc1ccc2c(c1OCc1ccccc1)CCNC2. The van der Waals surface area contributed by atoms with Gasteiger partial charge in [-0.1, -0.05) is 36.4 Å². The minimum atomic E-state index is 0.571. The molecule has 104 valence electrons. The van der Waals surface area contributed by atoms with Crippen molar-refractivity contribution >= 4 is 0 Å². The first-order chi connectivity index (χ1) is 9.88. The molecule has 1 heterocycles. The van der Waals surface area contributed by atoms with Crippen molar-refractivity contribution in [1.82, 2.24) is 5.32 Å². The first-order valence-corrected chi connectivity index (χ1v) is 6.94. The van der Waals surface area contributed by atoms with Crippen molar-refractivity contribution in [1.29, 1.82) is 0 Å². The van der Waals surface area contributed by atoms with Crippen LogP contribution >= 0.6 is 0 Å². The lowest BCUT2D eigenvalue weighted by Gasteiger charge is -2.22. The van der Waals surface area contributed by atoms with Gasteiger partial charge in [0.05, 0.1) is 7.11 Å². The third-order valence-electron chi connectivity index (χ3n) is 3.63. The molecule has 0 spiro atoms. The Morgan fingerprint density at radius 2 is 1.95 bits per heavy atom. The van der Waals surface area contributed by atoms with E-state index in [9.17, 15) is 0 Å². The Balaban J connectivity index is 1.87. The fourth-order valence-electron chi connectivity index (χ4n) is 2.57. The van der Waals surface area contributed by atoms with Gasteiger partial charge in [-0.05, 0) is 30.2 Å². The third kappa shape index (κ3) is 2.63. The summed E-state index contributed by atoms with van der Waals surface area (Å²) < 4.78 is 11.5.